The lowest BCUT2D eigenvalue weighted by Crippen LogP contribution is -2.29. The molecule has 2 rings (SSSR count). The van der Waals surface area contributed by atoms with E-state index in [0.717, 1.165) is 25.9 Å². The van der Waals surface area contributed by atoms with Gasteiger partial charge in [-0.3, -0.25) is 0 Å². The molecule has 1 heterocycles. The Balaban J connectivity index is 1.98. The van der Waals surface area contributed by atoms with Crippen molar-refractivity contribution in [3.63, 3.8) is 0 Å². The first-order valence-electron chi connectivity index (χ1n) is 7.78. The highest BCUT2D eigenvalue weighted by Crippen LogP contribution is 2.18. The van der Waals surface area contributed by atoms with Crippen LogP contribution in [0.3, 0.4) is 0 Å². The van der Waals surface area contributed by atoms with Gasteiger partial charge in [-0.1, -0.05) is 38.1 Å². The first-order valence-corrected chi connectivity index (χ1v) is 8.66. The Morgan fingerprint density at radius 1 is 1.14 bits per heavy atom. The summed E-state index contributed by atoms with van der Waals surface area (Å²) in [5, 5.41) is 6.93. The fraction of sp³-hybridized carbons (Fsp3) is 0.500. The van der Waals surface area contributed by atoms with Gasteiger partial charge < -0.3 is 5.32 Å². The van der Waals surface area contributed by atoms with Gasteiger partial charge in [-0.05, 0) is 49.4 Å². The minimum Gasteiger partial charge on any atom is -0.316 e. The molecule has 21 heavy (non-hydrogen) atoms. The SMILES string of the molecule is Cc1ccccc1CC(CNCC(C)C)Cc1nccs1. The van der Waals surface area contributed by atoms with Gasteiger partial charge in [0.1, 0.15) is 0 Å². The largest absolute Gasteiger partial charge is 0.316 e. The molecule has 0 aliphatic carbocycles. The van der Waals surface area contributed by atoms with Crippen LogP contribution >= 0.6 is 11.3 Å². The summed E-state index contributed by atoms with van der Waals surface area (Å²) in [6, 6.07) is 8.72. The average molecular weight is 302 g/mol. The van der Waals surface area contributed by atoms with Gasteiger partial charge >= 0.3 is 0 Å². The smallest absolute Gasteiger partial charge is 0.0928 e. The molecule has 2 nitrogen and oxygen atoms in total. The maximum Gasteiger partial charge on any atom is 0.0928 e. The van der Waals surface area contributed by atoms with E-state index < -0.39 is 0 Å². The zero-order valence-electron chi connectivity index (χ0n) is 13.3. The minimum atomic E-state index is 0.607. The Kier molecular flexibility index (Phi) is 6.40. The van der Waals surface area contributed by atoms with Crippen LogP contribution in [-0.4, -0.2) is 18.1 Å². The fourth-order valence-electron chi connectivity index (χ4n) is 2.54. The maximum atomic E-state index is 4.45. The first-order chi connectivity index (χ1) is 10.1. The van der Waals surface area contributed by atoms with E-state index in [-0.39, 0.29) is 0 Å². The molecule has 1 N–H and O–H groups in total. The second-order valence-corrected chi connectivity index (χ2v) is 7.16. The molecule has 1 aromatic heterocycles. The molecule has 0 saturated heterocycles. The normalized spacial score (nSPS) is 12.8. The molecule has 0 radical (unpaired) electrons. The Morgan fingerprint density at radius 3 is 2.62 bits per heavy atom. The van der Waals surface area contributed by atoms with Crippen LogP contribution in [0.4, 0.5) is 0 Å². The number of rotatable bonds is 8. The van der Waals surface area contributed by atoms with Crippen molar-refractivity contribution in [2.24, 2.45) is 11.8 Å². The molecule has 0 spiro atoms. The van der Waals surface area contributed by atoms with Gasteiger partial charge in [0.25, 0.3) is 0 Å². The predicted octanol–water partition coefficient (Wildman–Crippen LogP) is 4.10. The molecule has 0 bridgehead atoms. The van der Waals surface area contributed by atoms with Gasteiger partial charge in [0.05, 0.1) is 5.01 Å². The van der Waals surface area contributed by atoms with Gasteiger partial charge in [-0.15, -0.1) is 11.3 Å². The van der Waals surface area contributed by atoms with Crippen molar-refractivity contribution in [1.29, 1.82) is 0 Å². The van der Waals surface area contributed by atoms with Crippen LogP contribution in [0.15, 0.2) is 35.8 Å². The van der Waals surface area contributed by atoms with E-state index in [4.69, 9.17) is 0 Å². The van der Waals surface area contributed by atoms with Crippen molar-refractivity contribution in [1.82, 2.24) is 10.3 Å². The number of nitrogens with zero attached hydrogens (tertiary/aromatic N) is 1. The zero-order valence-corrected chi connectivity index (χ0v) is 14.1. The lowest BCUT2D eigenvalue weighted by Gasteiger charge is -2.19. The minimum absolute atomic E-state index is 0.607. The summed E-state index contributed by atoms with van der Waals surface area (Å²) in [7, 11) is 0. The molecule has 0 fully saturated rings. The molecular weight excluding hydrogens is 276 g/mol. The standard InChI is InChI=1S/C18H26N2S/c1-14(2)12-19-13-16(11-18-20-8-9-21-18)10-17-7-5-4-6-15(17)3/h4-9,14,16,19H,10-13H2,1-3H3. The molecule has 0 aliphatic heterocycles. The summed E-state index contributed by atoms with van der Waals surface area (Å²) in [5.74, 6) is 1.31. The summed E-state index contributed by atoms with van der Waals surface area (Å²) >= 11 is 1.77. The van der Waals surface area contributed by atoms with E-state index in [1.807, 2.05) is 6.20 Å². The second kappa shape index (κ2) is 8.30. The molecule has 0 saturated carbocycles. The van der Waals surface area contributed by atoms with Gasteiger partial charge in [-0.25, -0.2) is 4.98 Å². The summed E-state index contributed by atoms with van der Waals surface area (Å²) in [5.41, 5.74) is 2.86. The van der Waals surface area contributed by atoms with E-state index in [9.17, 15) is 0 Å². The number of thiazole rings is 1. The Labute approximate surface area is 132 Å². The highest BCUT2D eigenvalue weighted by Gasteiger charge is 2.13. The fourth-order valence-corrected chi connectivity index (χ4v) is 3.28. The highest BCUT2D eigenvalue weighted by molar-refractivity contribution is 7.09. The topological polar surface area (TPSA) is 24.9 Å². The van der Waals surface area contributed by atoms with Crippen LogP contribution < -0.4 is 5.32 Å². The molecule has 0 aliphatic rings. The van der Waals surface area contributed by atoms with E-state index in [2.05, 4.69) is 60.7 Å². The van der Waals surface area contributed by atoms with Crippen molar-refractivity contribution in [2.45, 2.75) is 33.6 Å². The summed E-state index contributed by atoms with van der Waals surface area (Å²) in [6.07, 6.45) is 4.10. The van der Waals surface area contributed by atoms with Crippen LogP contribution in [0.5, 0.6) is 0 Å². The third-order valence-electron chi connectivity index (χ3n) is 3.70. The first kappa shape index (κ1) is 16.2. The van der Waals surface area contributed by atoms with Crippen molar-refractivity contribution >= 4 is 11.3 Å². The molecular formula is C18H26N2S. The summed E-state index contributed by atoms with van der Waals surface area (Å²) < 4.78 is 0. The Hall–Kier alpha value is -1.19. The van der Waals surface area contributed by atoms with Gasteiger partial charge in [0.2, 0.25) is 0 Å². The lowest BCUT2D eigenvalue weighted by atomic mass is 9.93. The predicted molar refractivity (Wildman–Crippen MR) is 91.9 cm³/mol. The summed E-state index contributed by atoms with van der Waals surface area (Å²) in [4.78, 5) is 4.45. The van der Waals surface area contributed by atoms with Crippen molar-refractivity contribution in [2.75, 3.05) is 13.1 Å². The van der Waals surface area contributed by atoms with Crippen LogP contribution in [0.1, 0.15) is 30.0 Å². The van der Waals surface area contributed by atoms with E-state index in [1.165, 1.54) is 16.1 Å². The Morgan fingerprint density at radius 2 is 1.95 bits per heavy atom. The number of hydrogen-bond donors (Lipinski definition) is 1. The molecule has 1 unspecified atom stereocenters. The van der Waals surface area contributed by atoms with Crippen LogP contribution in [0.2, 0.25) is 0 Å². The zero-order chi connectivity index (χ0) is 15.1. The van der Waals surface area contributed by atoms with Crippen LogP contribution in [0.25, 0.3) is 0 Å². The second-order valence-electron chi connectivity index (χ2n) is 6.18. The van der Waals surface area contributed by atoms with E-state index in [1.54, 1.807) is 11.3 Å². The quantitative estimate of drug-likeness (QED) is 0.794. The number of hydrogen-bond acceptors (Lipinski definition) is 3. The van der Waals surface area contributed by atoms with Crippen LogP contribution in [0, 0.1) is 18.8 Å². The maximum absolute atomic E-state index is 4.45. The number of aryl methyl sites for hydroxylation is 1. The van der Waals surface area contributed by atoms with Crippen molar-refractivity contribution in [3.8, 4) is 0 Å². The van der Waals surface area contributed by atoms with Gasteiger partial charge in [0.15, 0.2) is 0 Å². The molecule has 3 heteroatoms. The monoisotopic (exact) mass is 302 g/mol. The third kappa shape index (κ3) is 5.60. The molecule has 1 aromatic carbocycles. The lowest BCUT2D eigenvalue weighted by molar-refractivity contribution is 0.444. The molecule has 2 aromatic rings. The molecule has 114 valence electrons. The van der Waals surface area contributed by atoms with Crippen molar-refractivity contribution in [3.05, 3.63) is 52.0 Å². The number of nitrogens with one attached hydrogen (secondary N) is 1. The van der Waals surface area contributed by atoms with Gasteiger partial charge in [-0.2, -0.15) is 0 Å². The molecule has 0 amide bonds. The van der Waals surface area contributed by atoms with Crippen molar-refractivity contribution < 1.29 is 0 Å². The van der Waals surface area contributed by atoms with E-state index in [0.29, 0.717) is 11.8 Å². The Bertz CT molecular complexity index is 520. The van der Waals surface area contributed by atoms with Gasteiger partial charge in [0, 0.05) is 18.0 Å². The number of aromatic nitrogens is 1. The molecule has 1 atom stereocenters. The van der Waals surface area contributed by atoms with E-state index >= 15 is 0 Å². The summed E-state index contributed by atoms with van der Waals surface area (Å²) in [6.45, 7) is 8.86. The average Bonchev–Trinajstić information content (AvgIpc) is 2.93. The third-order valence-corrected chi connectivity index (χ3v) is 4.50. The highest BCUT2D eigenvalue weighted by atomic mass is 32.1. The number of benzene rings is 1. The van der Waals surface area contributed by atoms with Crippen LogP contribution in [-0.2, 0) is 12.8 Å².